The first-order chi connectivity index (χ1) is 12.9. The molecule has 0 radical (unpaired) electrons. The van der Waals surface area contributed by atoms with Crippen LogP contribution in [0.15, 0.2) is 48.5 Å². The Morgan fingerprint density at radius 2 is 1.71 bits per heavy atom. The highest BCUT2D eigenvalue weighted by Gasteiger charge is 2.33. The summed E-state index contributed by atoms with van der Waals surface area (Å²) in [6, 6.07) is 9.83. The molecule has 0 heterocycles. The second-order valence-electron chi connectivity index (χ2n) is 7.59. The van der Waals surface area contributed by atoms with Crippen LogP contribution in [0.4, 0.5) is 18.9 Å². The van der Waals surface area contributed by atoms with Gasteiger partial charge in [0, 0.05) is 12.1 Å². The third-order valence-electron chi connectivity index (χ3n) is 4.23. The lowest BCUT2D eigenvalue weighted by atomic mass is 9.81. The van der Waals surface area contributed by atoms with Gasteiger partial charge in [-0.2, -0.15) is 13.2 Å². The first kappa shape index (κ1) is 21.4. The smallest absolute Gasteiger partial charge is 0.348 e. The Morgan fingerprint density at radius 3 is 2.21 bits per heavy atom. The lowest BCUT2D eigenvalue weighted by molar-refractivity contribution is -0.384. The first-order valence-electron chi connectivity index (χ1n) is 8.58. The molecule has 1 amide bonds. The molecule has 150 valence electrons. The number of nitro benzene ring substituents is 1. The largest absolute Gasteiger partial charge is 0.416 e. The Balaban J connectivity index is 2.21. The van der Waals surface area contributed by atoms with Gasteiger partial charge in [0.15, 0.2) is 0 Å². The lowest BCUT2D eigenvalue weighted by Crippen LogP contribution is -2.37. The van der Waals surface area contributed by atoms with Crippen molar-refractivity contribution in [2.24, 2.45) is 5.41 Å². The monoisotopic (exact) mass is 394 g/mol. The molecule has 0 saturated carbocycles. The summed E-state index contributed by atoms with van der Waals surface area (Å²) in [7, 11) is 0. The van der Waals surface area contributed by atoms with E-state index in [1.807, 2.05) is 20.8 Å². The van der Waals surface area contributed by atoms with E-state index in [1.54, 1.807) is 6.07 Å². The maximum absolute atomic E-state index is 13.0. The molecule has 2 aromatic carbocycles. The van der Waals surface area contributed by atoms with E-state index in [0.717, 1.165) is 12.1 Å². The number of rotatable bonds is 5. The number of carbonyl (C=O) groups is 1. The van der Waals surface area contributed by atoms with E-state index < -0.39 is 28.1 Å². The molecule has 0 fully saturated rings. The van der Waals surface area contributed by atoms with Crippen LogP contribution in [0.1, 0.15) is 43.5 Å². The first-order valence-corrected chi connectivity index (χ1v) is 8.58. The van der Waals surface area contributed by atoms with Gasteiger partial charge in [0.1, 0.15) is 0 Å². The highest BCUT2D eigenvalue weighted by molar-refractivity contribution is 5.79. The van der Waals surface area contributed by atoms with Gasteiger partial charge >= 0.3 is 6.18 Å². The lowest BCUT2D eigenvalue weighted by Gasteiger charge is -2.32. The van der Waals surface area contributed by atoms with Crippen molar-refractivity contribution in [3.05, 3.63) is 75.3 Å². The van der Waals surface area contributed by atoms with E-state index in [-0.39, 0.29) is 18.0 Å². The van der Waals surface area contributed by atoms with E-state index in [1.165, 1.54) is 30.3 Å². The van der Waals surface area contributed by atoms with Gasteiger partial charge in [-0.25, -0.2) is 0 Å². The summed E-state index contributed by atoms with van der Waals surface area (Å²) in [5, 5.41) is 13.5. The maximum atomic E-state index is 13.0. The van der Waals surface area contributed by atoms with Crippen molar-refractivity contribution in [3.8, 4) is 0 Å². The second-order valence-corrected chi connectivity index (χ2v) is 7.59. The fraction of sp³-hybridized carbons (Fsp3) is 0.350. The van der Waals surface area contributed by atoms with E-state index >= 15 is 0 Å². The van der Waals surface area contributed by atoms with Crippen molar-refractivity contribution >= 4 is 11.6 Å². The van der Waals surface area contributed by atoms with Gasteiger partial charge in [0.2, 0.25) is 5.91 Å². The Labute approximate surface area is 160 Å². The number of amides is 1. The molecular weight excluding hydrogens is 373 g/mol. The maximum Gasteiger partial charge on any atom is 0.416 e. The number of non-ortho nitro benzene ring substituents is 1. The average Bonchev–Trinajstić information content (AvgIpc) is 2.58. The summed E-state index contributed by atoms with van der Waals surface area (Å²) in [5.41, 5.74) is -0.459. The third kappa shape index (κ3) is 5.55. The van der Waals surface area contributed by atoms with E-state index in [9.17, 15) is 28.1 Å². The molecule has 8 heteroatoms. The van der Waals surface area contributed by atoms with Crippen molar-refractivity contribution in [1.29, 1.82) is 0 Å². The summed E-state index contributed by atoms with van der Waals surface area (Å²) in [6.07, 6.45) is -4.51. The summed E-state index contributed by atoms with van der Waals surface area (Å²) in [4.78, 5) is 22.6. The Bertz CT molecular complexity index is 856. The topological polar surface area (TPSA) is 72.2 Å². The molecule has 2 rings (SSSR count). The van der Waals surface area contributed by atoms with Crippen molar-refractivity contribution in [2.75, 3.05) is 0 Å². The molecule has 0 aliphatic carbocycles. The van der Waals surface area contributed by atoms with Crippen molar-refractivity contribution in [3.63, 3.8) is 0 Å². The van der Waals surface area contributed by atoms with Crippen molar-refractivity contribution < 1.29 is 22.9 Å². The fourth-order valence-electron chi connectivity index (χ4n) is 2.83. The zero-order chi connectivity index (χ0) is 21.1. The van der Waals surface area contributed by atoms with Crippen LogP contribution in [0.5, 0.6) is 0 Å². The number of hydrogen-bond acceptors (Lipinski definition) is 3. The summed E-state index contributed by atoms with van der Waals surface area (Å²) in [5.74, 6) is -0.383. The Hall–Kier alpha value is -2.90. The zero-order valence-electron chi connectivity index (χ0n) is 15.7. The molecule has 2 aromatic rings. The number of benzene rings is 2. The van der Waals surface area contributed by atoms with Crippen LogP contribution >= 0.6 is 0 Å². The average molecular weight is 394 g/mol. The normalized spacial score (nSPS) is 13.1. The molecule has 1 atom stereocenters. The predicted octanol–water partition coefficient (Wildman–Crippen LogP) is 5.06. The summed E-state index contributed by atoms with van der Waals surface area (Å²) >= 11 is 0. The van der Waals surface area contributed by atoms with E-state index in [2.05, 4.69) is 5.32 Å². The number of hydrogen-bond donors (Lipinski definition) is 1. The molecule has 5 nitrogen and oxygen atoms in total. The van der Waals surface area contributed by atoms with Crippen LogP contribution in [-0.2, 0) is 17.4 Å². The SMILES string of the molecule is CC(C)(C)C(NC(=O)Cc1ccc([N+](=O)[O-])cc1)c1cccc(C(F)(F)F)c1. The summed E-state index contributed by atoms with van der Waals surface area (Å²) < 4.78 is 39.1. The molecule has 28 heavy (non-hydrogen) atoms. The Morgan fingerprint density at radius 1 is 1.11 bits per heavy atom. The van der Waals surface area contributed by atoms with Crippen molar-refractivity contribution in [1.82, 2.24) is 5.32 Å². The van der Waals surface area contributed by atoms with Crippen LogP contribution in [0, 0.1) is 15.5 Å². The van der Waals surface area contributed by atoms with Gasteiger partial charge in [-0.15, -0.1) is 0 Å². The van der Waals surface area contributed by atoms with Gasteiger partial charge < -0.3 is 5.32 Å². The van der Waals surface area contributed by atoms with Gasteiger partial charge in [-0.3, -0.25) is 14.9 Å². The zero-order valence-corrected chi connectivity index (χ0v) is 15.7. The number of nitro groups is 1. The predicted molar refractivity (Wildman–Crippen MR) is 98.6 cm³/mol. The highest BCUT2D eigenvalue weighted by atomic mass is 19.4. The van der Waals surface area contributed by atoms with Gasteiger partial charge in [0.25, 0.3) is 5.69 Å². The van der Waals surface area contributed by atoms with E-state index in [4.69, 9.17) is 0 Å². The quantitative estimate of drug-likeness (QED) is 0.569. The van der Waals surface area contributed by atoms with Gasteiger partial charge in [-0.05, 0) is 28.7 Å². The molecule has 0 spiro atoms. The highest BCUT2D eigenvalue weighted by Crippen LogP contribution is 2.36. The molecule has 0 aliphatic heterocycles. The van der Waals surface area contributed by atoms with Crippen molar-refractivity contribution in [2.45, 2.75) is 39.4 Å². The molecule has 1 unspecified atom stereocenters. The number of alkyl halides is 3. The minimum absolute atomic E-state index is 0.0382. The number of nitrogens with zero attached hydrogens (tertiary/aromatic N) is 1. The fourth-order valence-corrected chi connectivity index (χ4v) is 2.83. The van der Waals surface area contributed by atoms with Crippen LogP contribution < -0.4 is 5.32 Å². The molecule has 0 aliphatic rings. The number of carbonyl (C=O) groups excluding carboxylic acids is 1. The standard InChI is InChI=1S/C20H21F3N2O3/c1-19(2,3)18(14-5-4-6-15(12-14)20(21,22)23)24-17(26)11-13-7-9-16(10-8-13)25(27)28/h4-10,12,18H,11H2,1-3H3,(H,24,26). The number of nitrogens with one attached hydrogen (secondary N) is 1. The number of halogens is 3. The molecule has 1 N–H and O–H groups in total. The molecule has 0 saturated heterocycles. The molecule has 0 aromatic heterocycles. The van der Waals surface area contributed by atoms with Crippen LogP contribution in [0.25, 0.3) is 0 Å². The van der Waals surface area contributed by atoms with E-state index in [0.29, 0.717) is 11.1 Å². The van der Waals surface area contributed by atoms with Crippen LogP contribution in [0.3, 0.4) is 0 Å². The molecular formula is C20H21F3N2O3. The van der Waals surface area contributed by atoms with Gasteiger partial charge in [0.05, 0.1) is 22.9 Å². The second kappa shape index (κ2) is 8.00. The minimum atomic E-state index is -4.47. The Kier molecular flexibility index (Phi) is 6.11. The van der Waals surface area contributed by atoms with Crippen LogP contribution in [-0.4, -0.2) is 10.8 Å². The molecule has 0 bridgehead atoms. The van der Waals surface area contributed by atoms with Gasteiger partial charge in [-0.1, -0.05) is 45.0 Å². The van der Waals surface area contributed by atoms with Crippen LogP contribution in [0.2, 0.25) is 0 Å². The summed E-state index contributed by atoms with van der Waals surface area (Å²) in [6.45, 7) is 5.47. The third-order valence-corrected chi connectivity index (χ3v) is 4.23. The minimum Gasteiger partial charge on any atom is -0.348 e.